The molecule has 1 aromatic heterocycles. The van der Waals surface area contributed by atoms with Crippen molar-refractivity contribution in [1.82, 2.24) is 9.80 Å². The summed E-state index contributed by atoms with van der Waals surface area (Å²) >= 11 is 0. The Hall–Kier alpha value is -3.84. The number of rotatable bonds is 6. The summed E-state index contributed by atoms with van der Waals surface area (Å²) in [5.74, 6) is 0.924. The lowest BCUT2D eigenvalue weighted by Gasteiger charge is -2.27. The molecule has 0 spiro atoms. The average Bonchev–Trinajstić information content (AvgIpc) is 3.13. The van der Waals surface area contributed by atoms with Crippen molar-refractivity contribution in [3.63, 3.8) is 0 Å². The quantitative estimate of drug-likeness (QED) is 0.406. The third kappa shape index (κ3) is 3.40. The van der Waals surface area contributed by atoms with E-state index < -0.39 is 6.04 Å². The van der Waals surface area contributed by atoms with Crippen molar-refractivity contribution < 1.29 is 18.7 Å². The van der Waals surface area contributed by atoms with Crippen LogP contribution in [0.1, 0.15) is 27.7 Å². The van der Waals surface area contributed by atoms with Gasteiger partial charge in [0.15, 0.2) is 16.9 Å². The molecular formula is C27H26N2O5. The lowest BCUT2D eigenvalue weighted by atomic mass is 9.97. The molecule has 0 aliphatic carbocycles. The second-order valence-electron chi connectivity index (χ2n) is 8.66. The number of methoxy groups -OCH3 is 2. The van der Waals surface area contributed by atoms with E-state index >= 15 is 0 Å². The standard InChI is InChI=1S/C27H26N2O5/c1-28(2)13-14-29-23(17-10-12-20(32-3)21(15-17)33-4)22-24(30)19-11-9-16-7-5-6-8-18(16)25(19)34-26(22)27(29)31/h5-12,15,23H,13-14H2,1-4H3. The Balaban J connectivity index is 1.77. The summed E-state index contributed by atoms with van der Waals surface area (Å²) < 4.78 is 17.1. The summed E-state index contributed by atoms with van der Waals surface area (Å²) in [6.07, 6.45) is 0. The van der Waals surface area contributed by atoms with Crippen LogP contribution < -0.4 is 14.9 Å². The minimum atomic E-state index is -0.589. The van der Waals surface area contributed by atoms with E-state index in [-0.39, 0.29) is 17.1 Å². The van der Waals surface area contributed by atoms with Gasteiger partial charge in [-0.2, -0.15) is 0 Å². The van der Waals surface area contributed by atoms with Crippen molar-refractivity contribution in [1.29, 1.82) is 0 Å². The fourth-order valence-electron chi connectivity index (χ4n) is 4.66. The Bertz CT molecular complexity index is 1470. The molecule has 2 heterocycles. The van der Waals surface area contributed by atoms with Crippen molar-refractivity contribution >= 4 is 27.6 Å². The van der Waals surface area contributed by atoms with Crippen LogP contribution in [-0.4, -0.2) is 57.1 Å². The molecule has 1 aliphatic rings. The molecule has 7 nitrogen and oxygen atoms in total. The maximum atomic E-state index is 13.8. The molecule has 0 radical (unpaired) electrons. The molecule has 0 N–H and O–H groups in total. The van der Waals surface area contributed by atoms with Crippen LogP contribution in [0.4, 0.5) is 0 Å². The third-order valence-electron chi connectivity index (χ3n) is 6.37. The minimum absolute atomic E-state index is 0.104. The number of hydrogen-bond acceptors (Lipinski definition) is 6. The summed E-state index contributed by atoms with van der Waals surface area (Å²) in [5.41, 5.74) is 1.37. The molecule has 1 aliphatic heterocycles. The zero-order chi connectivity index (χ0) is 24.0. The van der Waals surface area contributed by atoms with Crippen LogP contribution in [0.25, 0.3) is 21.7 Å². The highest BCUT2D eigenvalue weighted by molar-refractivity contribution is 6.06. The summed E-state index contributed by atoms with van der Waals surface area (Å²) in [7, 11) is 7.03. The van der Waals surface area contributed by atoms with Crippen LogP contribution in [-0.2, 0) is 0 Å². The van der Waals surface area contributed by atoms with Crippen LogP contribution >= 0.6 is 0 Å². The van der Waals surface area contributed by atoms with Crippen LogP contribution in [0, 0.1) is 0 Å². The zero-order valence-corrected chi connectivity index (χ0v) is 19.6. The zero-order valence-electron chi connectivity index (χ0n) is 19.6. The second kappa shape index (κ2) is 8.50. The smallest absolute Gasteiger partial charge is 0.290 e. The van der Waals surface area contributed by atoms with Gasteiger partial charge in [0, 0.05) is 18.5 Å². The van der Waals surface area contributed by atoms with Gasteiger partial charge in [0.05, 0.1) is 31.2 Å². The van der Waals surface area contributed by atoms with E-state index in [2.05, 4.69) is 0 Å². The van der Waals surface area contributed by atoms with E-state index in [1.54, 1.807) is 31.3 Å². The maximum Gasteiger partial charge on any atom is 0.290 e. The van der Waals surface area contributed by atoms with Crippen molar-refractivity contribution in [2.45, 2.75) is 6.04 Å². The monoisotopic (exact) mass is 458 g/mol. The largest absolute Gasteiger partial charge is 0.493 e. The molecule has 3 aromatic carbocycles. The summed E-state index contributed by atoms with van der Waals surface area (Å²) in [4.78, 5) is 31.2. The Morgan fingerprint density at radius 3 is 2.44 bits per heavy atom. The second-order valence-corrected chi connectivity index (χ2v) is 8.66. The summed E-state index contributed by atoms with van der Waals surface area (Å²) in [6.45, 7) is 1.08. The van der Waals surface area contributed by atoms with E-state index in [9.17, 15) is 9.59 Å². The van der Waals surface area contributed by atoms with Gasteiger partial charge in [0.25, 0.3) is 5.91 Å². The topological polar surface area (TPSA) is 72.2 Å². The average molecular weight is 459 g/mol. The van der Waals surface area contributed by atoms with Gasteiger partial charge in [-0.3, -0.25) is 9.59 Å². The number of carbonyl (C=O) groups excluding carboxylic acids is 1. The Morgan fingerprint density at radius 2 is 1.71 bits per heavy atom. The minimum Gasteiger partial charge on any atom is -0.493 e. The van der Waals surface area contributed by atoms with Crippen LogP contribution in [0.5, 0.6) is 11.5 Å². The first kappa shape index (κ1) is 22.0. The number of benzene rings is 3. The Morgan fingerprint density at radius 1 is 0.941 bits per heavy atom. The highest BCUT2D eigenvalue weighted by atomic mass is 16.5. The highest BCUT2D eigenvalue weighted by Gasteiger charge is 2.43. The predicted octanol–water partition coefficient (Wildman–Crippen LogP) is 4.07. The Kier molecular flexibility index (Phi) is 5.49. The van der Waals surface area contributed by atoms with E-state index in [1.165, 1.54) is 0 Å². The number of amides is 1. The van der Waals surface area contributed by atoms with E-state index in [4.69, 9.17) is 13.9 Å². The van der Waals surface area contributed by atoms with Gasteiger partial charge < -0.3 is 23.7 Å². The van der Waals surface area contributed by atoms with Gasteiger partial charge in [-0.15, -0.1) is 0 Å². The molecule has 5 rings (SSSR count). The van der Waals surface area contributed by atoms with Gasteiger partial charge in [-0.1, -0.05) is 36.4 Å². The number of fused-ring (bicyclic) bond motifs is 4. The molecule has 7 heteroatoms. The molecule has 0 saturated carbocycles. The molecule has 1 atom stereocenters. The molecular weight excluding hydrogens is 432 g/mol. The summed E-state index contributed by atoms with van der Waals surface area (Å²) in [6, 6.07) is 16.3. The number of hydrogen-bond donors (Lipinski definition) is 0. The van der Waals surface area contributed by atoms with E-state index in [1.807, 2.05) is 61.5 Å². The number of likely N-dealkylation sites (N-methyl/N-ethyl adjacent to an activating group) is 1. The predicted molar refractivity (Wildman–Crippen MR) is 131 cm³/mol. The van der Waals surface area contributed by atoms with Crippen LogP contribution in [0.15, 0.2) is 63.8 Å². The molecule has 1 amide bonds. The fourth-order valence-corrected chi connectivity index (χ4v) is 4.66. The molecule has 0 saturated heterocycles. The Labute approximate surface area is 197 Å². The van der Waals surface area contributed by atoms with Crippen LogP contribution in [0.2, 0.25) is 0 Å². The lowest BCUT2D eigenvalue weighted by Crippen LogP contribution is -2.35. The first-order valence-corrected chi connectivity index (χ1v) is 11.1. The first-order valence-electron chi connectivity index (χ1n) is 11.1. The number of ether oxygens (including phenoxy) is 2. The van der Waals surface area contributed by atoms with Gasteiger partial charge in [-0.05, 0) is 43.2 Å². The number of carbonyl (C=O) groups is 1. The molecule has 4 aromatic rings. The van der Waals surface area contributed by atoms with Gasteiger partial charge in [0.2, 0.25) is 5.76 Å². The lowest BCUT2D eigenvalue weighted by molar-refractivity contribution is 0.0716. The maximum absolute atomic E-state index is 13.8. The highest BCUT2D eigenvalue weighted by Crippen LogP contribution is 2.41. The molecule has 1 unspecified atom stereocenters. The van der Waals surface area contributed by atoms with Crippen molar-refractivity contribution in [3.05, 3.63) is 81.7 Å². The van der Waals surface area contributed by atoms with Gasteiger partial charge >= 0.3 is 0 Å². The van der Waals surface area contributed by atoms with Gasteiger partial charge in [-0.25, -0.2) is 0 Å². The number of nitrogens with zero attached hydrogens (tertiary/aromatic N) is 2. The van der Waals surface area contributed by atoms with Gasteiger partial charge in [0.1, 0.15) is 5.58 Å². The van der Waals surface area contributed by atoms with Crippen molar-refractivity contribution in [2.24, 2.45) is 0 Å². The molecule has 34 heavy (non-hydrogen) atoms. The van der Waals surface area contributed by atoms with Crippen LogP contribution in [0.3, 0.4) is 0 Å². The summed E-state index contributed by atoms with van der Waals surface area (Å²) in [5, 5.41) is 2.22. The molecule has 0 bridgehead atoms. The SMILES string of the molecule is COc1ccc(C2c3c(oc4c(ccc5ccccc54)c3=O)C(=O)N2CCN(C)C)cc1OC. The van der Waals surface area contributed by atoms with E-state index in [0.717, 1.165) is 16.3 Å². The van der Waals surface area contributed by atoms with Crippen molar-refractivity contribution in [2.75, 3.05) is 41.4 Å². The molecule has 174 valence electrons. The molecule has 0 fully saturated rings. The van der Waals surface area contributed by atoms with Crippen molar-refractivity contribution in [3.8, 4) is 11.5 Å². The van der Waals surface area contributed by atoms with E-state index in [0.29, 0.717) is 41.1 Å². The first-order chi connectivity index (χ1) is 16.4. The third-order valence-corrected chi connectivity index (χ3v) is 6.37. The normalized spacial score (nSPS) is 15.4. The fraction of sp³-hybridized carbons (Fsp3) is 0.259.